The van der Waals surface area contributed by atoms with E-state index in [-0.39, 0.29) is 36.2 Å². The molecule has 2 amide bonds. The predicted octanol–water partition coefficient (Wildman–Crippen LogP) is 9.43. The van der Waals surface area contributed by atoms with E-state index in [0.717, 1.165) is 30.3 Å². The molecule has 0 unspecified atom stereocenters. The first-order chi connectivity index (χ1) is 30.7. The minimum atomic E-state index is -4.78. The van der Waals surface area contributed by atoms with Gasteiger partial charge < -0.3 is 25.0 Å². The average molecular weight is 968 g/mol. The van der Waals surface area contributed by atoms with Gasteiger partial charge in [-0.15, -0.1) is 0 Å². The van der Waals surface area contributed by atoms with Gasteiger partial charge in [0.25, 0.3) is 11.4 Å². The van der Waals surface area contributed by atoms with Crippen molar-refractivity contribution in [1.82, 2.24) is 19.6 Å². The molecule has 67 heavy (non-hydrogen) atoms. The number of ether oxygens (including phenoxy) is 2. The maximum absolute atomic E-state index is 13.3. The third-order valence-electron chi connectivity index (χ3n) is 9.56. The van der Waals surface area contributed by atoms with E-state index in [1.165, 1.54) is 17.0 Å². The van der Waals surface area contributed by atoms with E-state index < -0.39 is 85.4 Å². The van der Waals surface area contributed by atoms with Gasteiger partial charge in [-0.05, 0) is 70.9 Å². The van der Waals surface area contributed by atoms with Crippen LogP contribution in [0.5, 0.6) is 0 Å². The van der Waals surface area contributed by atoms with Crippen molar-refractivity contribution in [1.29, 1.82) is 0 Å². The molecule has 0 spiro atoms. The maximum atomic E-state index is 13.3. The number of amides is 2. The fraction of sp³-hybridized carbons (Fsp3) is 0.500. The highest BCUT2D eigenvalue weighted by atomic mass is 19.4. The summed E-state index contributed by atoms with van der Waals surface area (Å²) in [4.78, 5) is 60.3. The molecule has 0 saturated carbocycles. The molecule has 2 saturated heterocycles. The molecular weight excluding hydrogens is 917 g/mol. The van der Waals surface area contributed by atoms with E-state index in [2.05, 4.69) is 0 Å². The van der Waals surface area contributed by atoms with Gasteiger partial charge in [-0.1, -0.05) is 12.1 Å². The van der Waals surface area contributed by atoms with Crippen molar-refractivity contribution < 1.29 is 73.2 Å². The molecule has 0 aromatic heterocycles. The molecule has 2 aliphatic heterocycles. The Bertz CT molecular complexity index is 2230. The third-order valence-corrected chi connectivity index (χ3v) is 9.56. The number of nitro groups is 2. The second kappa shape index (κ2) is 22.0. The largest absolute Gasteiger partial charge is 0.444 e. The van der Waals surface area contributed by atoms with E-state index in [0.29, 0.717) is 64.5 Å². The summed E-state index contributed by atoms with van der Waals surface area (Å²) in [5.74, 6) is 0. The van der Waals surface area contributed by atoms with Crippen molar-refractivity contribution in [3.05, 3.63) is 108 Å². The Morgan fingerprint density at radius 3 is 1.27 bits per heavy atom. The Hall–Kier alpha value is -6.24. The SMILES string of the molecule is CC(C)(C)OC(=O)N1CCN(Cc2ccc(N)cc2C(F)(F)F)CC1.CC(C)(C)OC(=O)N1CCN(Cc2ccc([N+](=O)[O-])cc2C(F)(F)F)CC1.O=Cc1ccc([N+](=O)[O-])cc1C(F)(F)F. The van der Waals surface area contributed by atoms with Crippen LogP contribution in [0.15, 0.2) is 54.6 Å². The number of hydrogen-bond donors (Lipinski definition) is 1. The molecule has 3 aromatic rings. The minimum Gasteiger partial charge on any atom is -0.444 e. The number of non-ortho nitro benzene ring substituents is 2. The molecule has 16 nitrogen and oxygen atoms in total. The monoisotopic (exact) mass is 967 g/mol. The van der Waals surface area contributed by atoms with Gasteiger partial charge in [0.15, 0.2) is 6.29 Å². The van der Waals surface area contributed by atoms with Crippen molar-refractivity contribution in [3.63, 3.8) is 0 Å². The lowest BCUT2D eigenvalue weighted by Gasteiger charge is -2.35. The van der Waals surface area contributed by atoms with E-state index in [9.17, 15) is 74.1 Å². The number of anilines is 1. The van der Waals surface area contributed by atoms with Crippen LogP contribution in [-0.2, 0) is 41.1 Å². The number of piperazine rings is 2. The number of carbonyl (C=O) groups excluding carboxylic acids is 3. The Labute approximate surface area is 378 Å². The number of hydrogen-bond acceptors (Lipinski definition) is 12. The zero-order chi connectivity index (χ0) is 50.9. The van der Waals surface area contributed by atoms with Crippen LogP contribution in [0.3, 0.4) is 0 Å². The molecule has 0 aliphatic carbocycles. The van der Waals surface area contributed by atoms with Gasteiger partial charge in [-0.25, -0.2) is 9.59 Å². The Balaban J connectivity index is 0.000000277. The molecule has 2 heterocycles. The summed E-state index contributed by atoms with van der Waals surface area (Å²) in [7, 11) is 0. The topological polar surface area (TPSA) is 195 Å². The third kappa shape index (κ3) is 17.5. The Kier molecular flexibility index (Phi) is 18.1. The molecule has 0 atom stereocenters. The van der Waals surface area contributed by atoms with Crippen LogP contribution in [0.1, 0.15) is 79.7 Å². The highest BCUT2D eigenvalue weighted by Gasteiger charge is 2.38. The number of rotatable bonds is 7. The number of carbonyl (C=O) groups is 3. The van der Waals surface area contributed by atoms with Gasteiger partial charge in [0.1, 0.15) is 11.2 Å². The van der Waals surface area contributed by atoms with Crippen molar-refractivity contribution in [2.75, 3.05) is 58.1 Å². The first-order valence-electron chi connectivity index (χ1n) is 20.2. The van der Waals surface area contributed by atoms with Crippen LogP contribution in [0.25, 0.3) is 0 Å². The fourth-order valence-electron chi connectivity index (χ4n) is 6.39. The maximum Gasteiger partial charge on any atom is 0.417 e. The molecule has 25 heteroatoms. The molecule has 2 aliphatic rings. The summed E-state index contributed by atoms with van der Waals surface area (Å²) in [5.41, 5.74) is -0.380. The normalized spacial score (nSPS) is 15.3. The highest BCUT2D eigenvalue weighted by Crippen LogP contribution is 2.37. The quantitative estimate of drug-likeness (QED) is 0.0776. The van der Waals surface area contributed by atoms with Crippen LogP contribution in [0, 0.1) is 20.2 Å². The van der Waals surface area contributed by atoms with Crippen LogP contribution in [0.2, 0.25) is 0 Å². The van der Waals surface area contributed by atoms with Crippen LogP contribution < -0.4 is 5.73 Å². The van der Waals surface area contributed by atoms with Gasteiger partial charge in [-0.2, -0.15) is 39.5 Å². The summed E-state index contributed by atoms with van der Waals surface area (Å²) >= 11 is 0. The molecule has 0 bridgehead atoms. The lowest BCUT2D eigenvalue weighted by atomic mass is 10.0. The molecule has 0 radical (unpaired) electrons. The number of aldehydes is 1. The van der Waals surface area contributed by atoms with Gasteiger partial charge in [0.05, 0.1) is 26.5 Å². The number of halogens is 9. The van der Waals surface area contributed by atoms with Crippen LogP contribution >= 0.6 is 0 Å². The Morgan fingerprint density at radius 1 is 0.582 bits per heavy atom. The van der Waals surface area contributed by atoms with Gasteiger partial charge in [-0.3, -0.25) is 34.8 Å². The van der Waals surface area contributed by atoms with Gasteiger partial charge >= 0.3 is 30.7 Å². The molecule has 5 rings (SSSR count). The molecule has 2 fully saturated rings. The second-order valence-corrected chi connectivity index (χ2v) is 17.1. The number of nitrogen functional groups attached to an aromatic ring is 1. The number of alkyl halides is 9. The van der Waals surface area contributed by atoms with Gasteiger partial charge in [0.2, 0.25) is 0 Å². The fourth-order valence-corrected chi connectivity index (χ4v) is 6.39. The summed E-state index contributed by atoms with van der Waals surface area (Å²) < 4.78 is 127. The summed E-state index contributed by atoms with van der Waals surface area (Å²) in [5, 5.41) is 21.0. The zero-order valence-corrected chi connectivity index (χ0v) is 37.2. The Morgan fingerprint density at radius 2 is 0.925 bits per heavy atom. The second-order valence-electron chi connectivity index (χ2n) is 17.1. The molecule has 2 N–H and O–H groups in total. The van der Waals surface area contributed by atoms with E-state index in [1.54, 1.807) is 51.3 Å². The lowest BCUT2D eigenvalue weighted by molar-refractivity contribution is -0.385. The van der Waals surface area contributed by atoms with Crippen LogP contribution in [0.4, 0.5) is 66.2 Å². The minimum absolute atomic E-state index is 0.00496. The number of benzene rings is 3. The standard InChI is InChI=1S/C17H22F3N3O4.C17H24F3N3O2.C8H4F3NO3/c1-16(2,3)27-15(24)22-8-6-21(7-9-22)11-12-4-5-13(23(25)26)10-14(12)17(18,19)20;1-16(2,3)25-15(24)23-8-6-22(7-9-23)11-12-4-5-13(21)10-14(12)17(18,19)20;9-8(10,11)7-3-6(12(14)15)2-1-5(7)4-13/h4-5,10H,6-9,11H2,1-3H3;4-5,10H,6-9,11,21H2,1-3H3;1-4H. The van der Waals surface area contributed by atoms with Gasteiger partial charge in [0, 0.05) is 101 Å². The zero-order valence-electron chi connectivity index (χ0n) is 37.2. The highest BCUT2D eigenvalue weighted by molar-refractivity contribution is 5.78. The van der Waals surface area contributed by atoms with Crippen molar-refractivity contribution >= 4 is 35.5 Å². The van der Waals surface area contributed by atoms with E-state index in [1.807, 2.05) is 4.90 Å². The average Bonchev–Trinajstić information content (AvgIpc) is 3.20. The van der Waals surface area contributed by atoms with Crippen LogP contribution in [-0.4, -0.2) is 111 Å². The molecule has 370 valence electrons. The summed E-state index contributed by atoms with van der Waals surface area (Å²) in [6.07, 6.45) is -14.7. The first kappa shape index (κ1) is 55.1. The predicted molar refractivity (Wildman–Crippen MR) is 224 cm³/mol. The summed E-state index contributed by atoms with van der Waals surface area (Å²) in [6.45, 7) is 14.1. The van der Waals surface area contributed by atoms with Crippen molar-refractivity contribution in [2.45, 2.75) is 84.4 Å². The smallest absolute Gasteiger partial charge is 0.417 e. The van der Waals surface area contributed by atoms with E-state index >= 15 is 0 Å². The summed E-state index contributed by atoms with van der Waals surface area (Å²) in [6, 6.07) is 8.58. The number of nitrogens with zero attached hydrogens (tertiary/aromatic N) is 6. The lowest BCUT2D eigenvalue weighted by Crippen LogP contribution is -2.49. The number of nitro benzene ring substituents is 2. The van der Waals surface area contributed by atoms with Crippen molar-refractivity contribution in [3.8, 4) is 0 Å². The first-order valence-corrected chi connectivity index (χ1v) is 20.2. The van der Waals surface area contributed by atoms with E-state index in [4.69, 9.17) is 15.2 Å². The molecular formula is C42H50F9N7O9. The number of nitrogens with two attached hydrogens (primary N) is 1. The van der Waals surface area contributed by atoms with Crippen molar-refractivity contribution in [2.24, 2.45) is 0 Å². The molecule has 3 aromatic carbocycles.